The van der Waals surface area contributed by atoms with Gasteiger partial charge in [-0.25, -0.2) is 0 Å². The van der Waals surface area contributed by atoms with E-state index in [1.165, 1.54) is 11.8 Å². The minimum absolute atomic E-state index is 0.0155. The number of hydrogen-bond acceptors (Lipinski definition) is 6. The van der Waals surface area contributed by atoms with E-state index in [2.05, 4.69) is 19.7 Å². The highest BCUT2D eigenvalue weighted by Gasteiger charge is 2.31. The summed E-state index contributed by atoms with van der Waals surface area (Å²) in [7, 11) is 0. The first-order chi connectivity index (χ1) is 13.1. The molecule has 1 saturated carbocycles. The summed E-state index contributed by atoms with van der Waals surface area (Å²) >= 11 is 1.41. The van der Waals surface area contributed by atoms with Gasteiger partial charge in [0.05, 0.1) is 11.7 Å². The molecule has 0 radical (unpaired) electrons. The summed E-state index contributed by atoms with van der Waals surface area (Å²) in [6.07, 6.45) is 7.26. The second-order valence-corrected chi connectivity index (χ2v) is 7.96. The van der Waals surface area contributed by atoms with E-state index in [-0.39, 0.29) is 23.5 Å². The molecule has 142 valence electrons. The number of aromatic nitrogens is 4. The third-order valence-corrected chi connectivity index (χ3v) is 5.94. The zero-order chi connectivity index (χ0) is 18.8. The van der Waals surface area contributed by atoms with Gasteiger partial charge in [0.25, 0.3) is 0 Å². The Labute approximate surface area is 161 Å². The molecule has 9 heteroatoms. The number of carbonyl (C=O) groups excluding carboxylic acids is 2. The SMILES string of the molecule is NC(=O)[C@H]1CCCN(C(=O)CSc2nnc(-c3ccncc3)n2C2CC2)C1. The van der Waals surface area contributed by atoms with Crippen LogP contribution in [0.15, 0.2) is 29.7 Å². The molecule has 2 aliphatic rings. The average Bonchev–Trinajstić information content (AvgIpc) is 3.45. The molecule has 2 amide bonds. The van der Waals surface area contributed by atoms with Crippen molar-refractivity contribution in [1.82, 2.24) is 24.6 Å². The van der Waals surface area contributed by atoms with Crippen LogP contribution in [0.4, 0.5) is 0 Å². The van der Waals surface area contributed by atoms with Gasteiger partial charge < -0.3 is 10.6 Å². The standard InChI is InChI=1S/C18H22N6O2S/c19-16(26)13-2-1-9-23(10-13)15(25)11-27-18-22-21-17(24(18)14-3-4-14)12-5-7-20-8-6-12/h5-8,13-14H,1-4,9-11H2,(H2,19,26)/t13-/m0/s1. The zero-order valence-corrected chi connectivity index (χ0v) is 15.8. The molecular weight excluding hydrogens is 364 g/mol. The molecule has 4 rings (SSSR count). The van der Waals surface area contributed by atoms with Crippen LogP contribution in [0.1, 0.15) is 31.7 Å². The van der Waals surface area contributed by atoms with E-state index in [0.29, 0.717) is 19.1 Å². The fourth-order valence-electron chi connectivity index (χ4n) is 3.39. The van der Waals surface area contributed by atoms with E-state index in [9.17, 15) is 9.59 Å². The lowest BCUT2D eigenvalue weighted by Gasteiger charge is -2.31. The van der Waals surface area contributed by atoms with Crippen LogP contribution in [0, 0.1) is 5.92 Å². The Morgan fingerprint density at radius 1 is 1.19 bits per heavy atom. The van der Waals surface area contributed by atoms with Gasteiger partial charge in [-0.2, -0.15) is 0 Å². The Bertz CT molecular complexity index is 836. The van der Waals surface area contributed by atoms with Crippen LogP contribution in [0.25, 0.3) is 11.4 Å². The van der Waals surface area contributed by atoms with E-state index in [1.54, 1.807) is 17.3 Å². The topological polar surface area (TPSA) is 107 Å². The average molecular weight is 386 g/mol. The van der Waals surface area contributed by atoms with Crippen LogP contribution in [-0.2, 0) is 9.59 Å². The number of nitrogens with two attached hydrogens (primary N) is 1. The van der Waals surface area contributed by atoms with Crippen molar-refractivity contribution < 1.29 is 9.59 Å². The number of amides is 2. The van der Waals surface area contributed by atoms with Crippen LogP contribution in [0.3, 0.4) is 0 Å². The number of primary amides is 1. The monoisotopic (exact) mass is 386 g/mol. The van der Waals surface area contributed by atoms with Crippen molar-refractivity contribution in [2.24, 2.45) is 11.7 Å². The number of carbonyl (C=O) groups is 2. The fourth-order valence-corrected chi connectivity index (χ4v) is 4.30. The summed E-state index contributed by atoms with van der Waals surface area (Å²) in [5, 5.41) is 9.44. The number of piperidine rings is 1. The lowest BCUT2D eigenvalue weighted by molar-refractivity contribution is -0.132. The predicted octanol–water partition coefficient (Wildman–Crippen LogP) is 1.49. The summed E-state index contributed by atoms with van der Waals surface area (Å²) < 4.78 is 2.13. The molecular formula is C18H22N6O2S. The molecule has 1 saturated heterocycles. The molecule has 2 fully saturated rings. The van der Waals surface area contributed by atoms with Gasteiger partial charge >= 0.3 is 0 Å². The third-order valence-electron chi connectivity index (χ3n) is 5.02. The van der Waals surface area contributed by atoms with Crippen molar-refractivity contribution >= 4 is 23.6 Å². The van der Waals surface area contributed by atoms with Crippen molar-refractivity contribution in [3.63, 3.8) is 0 Å². The second-order valence-electron chi connectivity index (χ2n) is 7.01. The van der Waals surface area contributed by atoms with Gasteiger partial charge in [0.2, 0.25) is 11.8 Å². The Balaban J connectivity index is 1.45. The van der Waals surface area contributed by atoms with Crippen LogP contribution < -0.4 is 5.73 Å². The Morgan fingerprint density at radius 2 is 1.96 bits per heavy atom. The highest BCUT2D eigenvalue weighted by molar-refractivity contribution is 7.99. The predicted molar refractivity (Wildman–Crippen MR) is 101 cm³/mol. The van der Waals surface area contributed by atoms with Gasteiger partial charge in [0.1, 0.15) is 0 Å². The van der Waals surface area contributed by atoms with Crippen molar-refractivity contribution in [2.45, 2.75) is 36.9 Å². The smallest absolute Gasteiger partial charge is 0.233 e. The van der Waals surface area contributed by atoms with Gasteiger partial charge in [-0.3, -0.25) is 19.1 Å². The van der Waals surface area contributed by atoms with Gasteiger partial charge in [0.15, 0.2) is 11.0 Å². The minimum Gasteiger partial charge on any atom is -0.369 e. The second kappa shape index (κ2) is 7.67. The normalized spacial score (nSPS) is 19.9. The molecule has 2 aromatic rings. The highest BCUT2D eigenvalue weighted by Crippen LogP contribution is 2.41. The van der Waals surface area contributed by atoms with Crippen molar-refractivity contribution in [3.05, 3.63) is 24.5 Å². The maximum absolute atomic E-state index is 12.6. The van der Waals surface area contributed by atoms with Gasteiger partial charge in [-0.1, -0.05) is 11.8 Å². The van der Waals surface area contributed by atoms with E-state index in [1.807, 2.05) is 12.1 Å². The molecule has 0 bridgehead atoms. The van der Waals surface area contributed by atoms with Crippen LogP contribution in [0.5, 0.6) is 0 Å². The molecule has 1 aliphatic carbocycles. The molecule has 27 heavy (non-hydrogen) atoms. The molecule has 2 N–H and O–H groups in total. The minimum atomic E-state index is -0.323. The molecule has 3 heterocycles. The number of thioether (sulfide) groups is 1. The first-order valence-corrected chi connectivity index (χ1v) is 10.2. The molecule has 1 aliphatic heterocycles. The van der Waals surface area contributed by atoms with Gasteiger partial charge in [-0.15, -0.1) is 10.2 Å². The molecule has 1 atom stereocenters. The molecule has 8 nitrogen and oxygen atoms in total. The van der Waals surface area contributed by atoms with Gasteiger partial charge in [-0.05, 0) is 37.8 Å². The van der Waals surface area contributed by atoms with E-state index < -0.39 is 0 Å². The number of likely N-dealkylation sites (tertiary alicyclic amines) is 1. The maximum Gasteiger partial charge on any atom is 0.233 e. The Morgan fingerprint density at radius 3 is 2.67 bits per heavy atom. The number of hydrogen-bond donors (Lipinski definition) is 1. The summed E-state index contributed by atoms with van der Waals surface area (Å²) in [6.45, 7) is 1.10. The number of pyridine rings is 1. The van der Waals surface area contributed by atoms with Crippen molar-refractivity contribution in [1.29, 1.82) is 0 Å². The van der Waals surface area contributed by atoms with Crippen LogP contribution >= 0.6 is 11.8 Å². The zero-order valence-electron chi connectivity index (χ0n) is 15.0. The summed E-state index contributed by atoms with van der Waals surface area (Å²) in [6, 6.07) is 4.23. The van der Waals surface area contributed by atoms with Gasteiger partial charge in [0, 0.05) is 37.1 Å². The van der Waals surface area contributed by atoms with Crippen LogP contribution in [0.2, 0.25) is 0 Å². The van der Waals surface area contributed by atoms with E-state index in [4.69, 9.17) is 5.73 Å². The molecule has 0 spiro atoms. The summed E-state index contributed by atoms with van der Waals surface area (Å²) in [5.41, 5.74) is 6.38. The van der Waals surface area contributed by atoms with E-state index in [0.717, 1.165) is 42.2 Å². The first kappa shape index (κ1) is 18.0. The largest absolute Gasteiger partial charge is 0.369 e. The lowest BCUT2D eigenvalue weighted by Crippen LogP contribution is -2.44. The van der Waals surface area contributed by atoms with Crippen molar-refractivity contribution in [2.75, 3.05) is 18.8 Å². The fraction of sp³-hybridized carbons (Fsp3) is 0.500. The number of rotatable bonds is 6. The quantitative estimate of drug-likeness (QED) is 0.754. The highest BCUT2D eigenvalue weighted by atomic mass is 32.2. The van der Waals surface area contributed by atoms with Crippen molar-refractivity contribution in [3.8, 4) is 11.4 Å². The maximum atomic E-state index is 12.6. The first-order valence-electron chi connectivity index (χ1n) is 9.18. The van der Waals surface area contributed by atoms with Crippen LogP contribution in [-0.4, -0.2) is 55.3 Å². The van der Waals surface area contributed by atoms with E-state index >= 15 is 0 Å². The molecule has 0 aromatic carbocycles. The Kier molecular flexibility index (Phi) is 5.11. The third kappa shape index (κ3) is 3.97. The lowest BCUT2D eigenvalue weighted by atomic mass is 9.97. The Hall–Kier alpha value is -2.42. The molecule has 0 unspecified atom stereocenters. The summed E-state index contributed by atoms with van der Waals surface area (Å²) in [4.78, 5) is 29.8. The number of nitrogens with zero attached hydrogens (tertiary/aromatic N) is 5. The molecule has 2 aromatic heterocycles. The summed E-state index contributed by atoms with van der Waals surface area (Å²) in [5.74, 6) is 0.562.